The first-order chi connectivity index (χ1) is 14.5. The highest BCUT2D eigenvalue weighted by atomic mass is 35.5. The molecule has 4 aromatic rings. The number of aryl methyl sites for hydroxylation is 1. The van der Waals surface area contributed by atoms with Gasteiger partial charge in [0.15, 0.2) is 0 Å². The summed E-state index contributed by atoms with van der Waals surface area (Å²) >= 11 is 6.39. The lowest BCUT2D eigenvalue weighted by Gasteiger charge is -2.13. The van der Waals surface area contributed by atoms with E-state index < -0.39 is 5.38 Å². The van der Waals surface area contributed by atoms with E-state index in [1.807, 2.05) is 18.2 Å². The molecule has 1 unspecified atom stereocenters. The number of carbonyl (C=O) groups excluding carboxylic acids is 1. The van der Waals surface area contributed by atoms with Crippen LogP contribution in [-0.2, 0) is 11.8 Å². The number of nitrogens with one attached hydrogen (secondary N) is 1. The number of aromatic nitrogens is 4. The average molecular weight is 422 g/mol. The Bertz CT molecular complexity index is 1160. The Hall–Kier alpha value is -3.58. The van der Waals surface area contributed by atoms with Crippen molar-refractivity contribution in [2.24, 2.45) is 7.05 Å². The van der Waals surface area contributed by atoms with Gasteiger partial charge in [-0.1, -0.05) is 30.3 Å². The third kappa shape index (κ3) is 3.92. The fourth-order valence-corrected chi connectivity index (χ4v) is 3.34. The van der Waals surface area contributed by atoms with Gasteiger partial charge in [0.25, 0.3) is 0 Å². The highest BCUT2D eigenvalue weighted by Gasteiger charge is 2.24. The minimum Gasteiger partial charge on any atom is -0.309 e. The second kappa shape index (κ2) is 8.42. The summed E-state index contributed by atoms with van der Waals surface area (Å²) < 4.78 is 15.0. The highest BCUT2D eigenvalue weighted by Crippen LogP contribution is 2.37. The molecular formula is C22H17ClFN5O. The molecule has 6 nitrogen and oxygen atoms in total. The minimum absolute atomic E-state index is 0.344. The van der Waals surface area contributed by atoms with Crippen LogP contribution in [0.1, 0.15) is 10.9 Å². The zero-order valence-electron chi connectivity index (χ0n) is 16.0. The van der Waals surface area contributed by atoms with Crippen LogP contribution in [0.4, 0.5) is 10.2 Å². The summed E-state index contributed by atoms with van der Waals surface area (Å²) in [6.07, 6.45) is 3.13. The van der Waals surface area contributed by atoms with E-state index in [4.69, 9.17) is 11.6 Å². The predicted octanol–water partition coefficient (Wildman–Crippen LogP) is 4.60. The van der Waals surface area contributed by atoms with Gasteiger partial charge in [0.2, 0.25) is 5.91 Å². The SMILES string of the molecule is Cn1nc(-c2ccc(F)cc2)c(-c2ccnnc2)c1NC(=O)C(Cl)c1ccccc1. The monoisotopic (exact) mass is 421 g/mol. The van der Waals surface area contributed by atoms with Crippen LogP contribution in [0.3, 0.4) is 0 Å². The van der Waals surface area contributed by atoms with Crippen LogP contribution in [0.2, 0.25) is 0 Å². The zero-order valence-corrected chi connectivity index (χ0v) is 16.7. The molecule has 150 valence electrons. The normalized spacial score (nSPS) is 11.8. The van der Waals surface area contributed by atoms with Crippen molar-refractivity contribution in [3.8, 4) is 22.4 Å². The summed E-state index contributed by atoms with van der Waals surface area (Å²) in [5.74, 6) is -0.281. The molecule has 1 atom stereocenters. The molecule has 0 fully saturated rings. The van der Waals surface area contributed by atoms with Crippen LogP contribution in [0.15, 0.2) is 73.1 Å². The van der Waals surface area contributed by atoms with Gasteiger partial charge in [0, 0.05) is 18.2 Å². The van der Waals surface area contributed by atoms with E-state index in [0.717, 1.165) is 0 Å². The Labute approximate surface area is 177 Å². The lowest BCUT2D eigenvalue weighted by atomic mass is 10.0. The Morgan fingerprint density at radius 3 is 2.43 bits per heavy atom. The standard InChI is InChI=1S/C22H17ClFN5O/c1-29-21(27-22(30)19(23)14-5-3-2-4-6-14)18(16-11-12-25-26-13-16)20(28-29)15-7-9-17(24)10-8-15/h2-13,19H,1H3,(H,27,30). The summed E-state index contributed by atoms with van der Waals surface area (Å²) in [6, 6.07) is 16.8. The number of amides is 1. The van der Waals surface area contributed by atoms with E-state index in [2.05, 4.69) is 20.6 Å². The molecule has 0 bridgehead atoms. The molecule has 0 saturated heterocycles. The van der Waals surface area contributed by atoms with E-state index in [-0.39, 0.29) is 11.7 Å². The van der Waals surface area contributed by atoms with Gasteiger partial charge in [-0.15, -0.1) is 11.6 Å². The average Bonchev–Trinajstić information content (AvgIpc) is 3.10. The van der Waals surface area contributed by atoms with Crippen LogP contribution >= 0.6 is 11.6 Å². The van der Waals surface area contributed by atoms with Gasteiger partial charge in [-0.05, 0) is 35.9 Å². The Kier molecular flexibility index (Phi) is 5.54. The molecule has 0 aliphatic carbocycles. The predicted molar refractivity (Wildman–Crippen MR) is 113 cm³/mol. The maximum absolute atomic E-state index is 13.4. The molecule has 30 heavy (non-hydrogen) atoms. The van der Waals surface area contributed by atoms with Crippen molar-refractivity contribution in [1.29, 1.82) is 0 Å². The fourth-order valence-electron chi connectivity index (χ4n) is 3.14. The first-order valence-corrected chi connectivity index (χ1v) is 9.58. The van der Waals surface area contributed by atoms with Crippen molar-refractivity contribution in [3.05, 3.63) is 84.4 Å². The Morgan fingerprint density at radius 1 is 1.03 bits per heavy atom. The van der Waals surface area contributed by atoms with Crippen LogP contribution in [0.25, 0.3) is 22.4 Å². The number of alkyl halides is 1. The lowest BCUT2D eigenvalue weighted by Crippen LogP contribution is -2.19. The van der Waals surface area contributed by atoms with Crippen molar-refractivity contribution in [2.45, 2.75) is 5.38 Å². The Balaban J connectivity index is 1.78. The number of rotatable bonds is 5. The van der Waals surface area contributed by atoms with Crippen molar-refractivity contribution in [3.63, 3.8) is 0 Å². The van der Waals surface area contributed by atoms with Crippen molar-refractivity contribution in [2.75, 3.05) is 5.32 Å². The summed E-state index contributed by atoms with van der Waals surface area (Å²) in [5.41, 5.74) is 3.31. The number of hydrogen-bond acceptors (Lipinski definition) is 4. The van der Waals surface area contributed by atoms with Gasteiger partial charge in [-0.3, -0.25) is 9.48 Å². The summed E-state index contributed by atoms with van der Waals surface area (Å²) in [4.78, 5) is 12.9. The first-order valence-electron chi connectivity index (χ1n) is 9.14. The highest BCUT2D eigenvalue weighted by molar-refractivity contribution is 6.32. The van der Waals surface area contributed by atoms with Gasteiger partial charge < -0.3 is 5.32 Å². The summed E-state index contributed by atoms with van der Waals surface area (Å²) in [6.45, 7) is 0. The fraction of sp³-hybridized carbons (Fsp3) is 0.0909. The van der Waals surface area contributed by atoms with Gasteiger partial charge in [-0.25, -0.2) is 4.39 Å². The van der Waals surface area contributed by atoms with Crippen molar-refractivity contribution >= 4 is 23.3 Å². The van der Waals surface area contributed by atoms with E-state index in [9.17, 15) is 9.18 Å². The quantitative estimate of drug-likeness (QED) is 0.478. The molecule has 2 aromatic heterocycles. The Morgan fingerprint density at radius 2 is 1.77 bits per heavy atom. The molecule has 1 N–H and O–H groups in total. The molecule has 2 heterocycles. The maximum Gasteiger partial charge on any atom is 0.248 e. The van der Waals surface area contributed by atoms with E-state index >= 15 is 0 Å². The number of benzene rings is 2. The molecule has 0 aliphatic rings. The molecule has 8 heteroatoms. The van der Waals surface area contributed by atoms with Gasteiger partial charge in [-0.2, -0.15) is 15.3 Å². The van der Waals surface area contributed by atoms with Crippen LogP contribution in [0.5, 0.6) is 0 Å². The largest absolute Gasteiger partial charge is 0.309 e. The molecule has 1 amide bonds. The summed E-state index contributed by atoms with van der Waals surface area (Å²) in [5, 5.41) is 14.3. The van der Waals surface area contributed by atoms with Crippen LogP contribution in [-0.4, -0.2) is 25.9 Å². The van der Waals surface area contributed by atoms with Crippen molar-refractivity contribution in [1.82, 2.24) is 20.0 Å². The van der Waals surface area contributed by atoms with Gasteiger partial charge >= 0.3 is 0 Å². The van der Waals surface area contributed by atoms with Gasteiger partial charge in [0.1, 0.15) is 22.7 Å². The summed E-state index contributed by atoms with van der Waals surface area (Å²) in [7, 11) is 1.71. The van der Waals surface area contributed by atoms with Gasteiger partial charge in [0.05, 0.1) is 18.0 Å². The maximum atomic E-state index is 13.4. The third-order valence-electron chi connectivity index (χ3n) is 4.60. The lowest BCUT2D eigenvalue weighted by molar-refractivity contribution is -0.116. The van der Waals surface area contributed by atoms with Crippen molar-refractivity contribution < 1.29 is 9.18 Å². The molecular weight excluding hydrogens is 405 g/mol. The topological polar surface area (TPSA) is 72.7 Å². The number of anilines is 1. The second-order valence-electron chi connectivity index (χ2n) is 6.60. The van der Waals surface area contributed by atoms with Crippen LogP contribution < -0.4 is 5.32 Å². The van der Waals surface area contributed by atoms with Crippen LogP contribution in [0, 0.1) is 5.82 Å². The molecule has 0 saturated carbocycles. The minimum atomic E-state index is -0.876. The number of hydrogen-bond donors (Lipinski definition) is 1. The first kappa shape index (κ1) is 19.7. The van der Waals surface area contributed by atoms with E-state index in [1.54, 1.807) is 54.5 Å². The molecule has 2 aromatic carbocycles. The third-order valence-corrected chi connectivity index (χ3v) is 5.05. The zero-order chi connectivity index (χ0) is 21.1. The molecule has 0 radical (unpaired) electrons. The molecule has 0 aliphatic heterocycles. The molecule has 4 rings (SSSR count). The van der Waals surface area contributed by atoms with E-state index in [0.29, 0.717) is 33.8 Å². The smallest absolute Gasteiger partial charge is 0.248 e. The second-order valence-corrected chi connectivity index (χ2v) is 7.03. The number of carbonyl (C=O) groups is 1. The van der Waals surface area contributed by atoms with E-state index in [1.165, 1.54) is 12.1 Å². The molecule has 0 spiro atoms. The number of nitrogens with zero attached hydrogens (tertiary/aromatic N) is 4. The number of halogens is 2.